The largest absolute Gasteiger partial charge is 0.457 e. The zero-order valence-corrected chi connectivity index (χ0v) is 14.5. The molecule has 3 aromatic carbocycles. The molecule has 9 heteroatoms. The first kappa shape index (κ1) is 18.3. The smallest absolute Gasteiger partial charge is 0.269 e. The first-order valence-corrected chi connectivity index (χ1v) is 9.12. The van der Waals surface area contributed by atoms with Crippen LogP contribution < -0.4 is 9.46 Å². The van der Waals surface area contributed by atoms with Crippen LogP contribution in [0.3, 0.4) is 0 Å². The fourth-order valence-corrected chi connectivity index (χ4v) is 3.27. The lowest BCUT2D eigenvalue weighted by molar-refractivity contribution is -0.384. The molecule has 3 rings (SSSR count). The van der Waals surface area contributed by atoms with E-state index >= 15 is 0 Å². The first-order chi connectivity index (χ1) is 12.8. The summed E-state index contributed by atoms with van der Waals surface area (Å²) in [6.45, 7) is 0. The summed E-state index contributed by atoms with van der Waals surface area (Å²) in [5.74, 6) is 0.171. The van der Waals surface area contributed by atoms with Crippen LogP contribution in [0, 0.1) is 15.9 Å². The van der Waals surface area contributed by atoms with Crippen molar-refractivity contribution in [1.82, 2.24) is 0 Å². The molecule has 0 saturated carbocycles. The molecular formula is C18H13FN2O5S. The van der Waals surface area contributed by atoms with Crippen LogP contribution in [0.15, 0.2) is 77.7 Å². The molecule has 0 saturated heterocycles. The van der Waals surface area contributed by atoms with Gasteiger partial charge in [0.05, 0.1) is 15.5 Å². The summed E-state index contributed by atoms with van der Waals surface area (Å²) in [5, 5.41) is 10.6. The van der Waals surface area contributed by atoms with E-state index < -0.39 is 20.8 Å². The van der Waals surface area contributed by atoms with Crippen molar-refractivity contribution in [3.63, 3.8) is 0 Å². The zero-order chi connectivity index (χ0) is 19.4. The van der Waals surface area contributed by atoms with Gasteiger partial charge in [-0.15, -0.1) is 0 Å². The normalized spacial score (nSPS) is 11.0. The number of benzene rings is 3. The number of nitro groups is 1. The van der Waals surface area contributed by atoms with E-state index in [4.69, 9.17) is 4.74 Å². The molecule has 1 N–H and O–H groups in total. The monoisotopic (exact) mass is 388 g/mol. The van der Waals surface area contributed by atoms with Crippen LogP contribution in [0.4, 0.5) is 15.8 Å². The Morgan fingerprint density at radius 1 is 0.926 bits per heavy atom. The standard InChI is InChI=1S/C18H13FN2O5S/c19-13-2-1-3-14(12-13)20-27(24,25)18-10-8-17(9-11-18)26-16-6-4-15(5-7-16)21(22)23/h1-12,20H. The average Bonchev–Trinajstić information content (AvgIpc) is 2.62. The van der Waals surface area contributed by atoms with E-state index in [-0.39, 0.29) is 16.3 Å². The highest BCUT2D eigenvalue weighted by Gasteiger charge is 2.15. The van der Waals surface area contributed by atoms with E-state index in [1.54, 1.807) is 0 Å². The Balaban J connectivity index is 1.73. The SMILES string of the molecule is O=[N+]([O-])c1ccc(Oc2ccc(S(=O)(=O)Nc3cccc(F)c3)cc2)cc1. The van der Waals surface area contributed by atoms with Crippen LogP contribution in [-0.2, 0) is 10.0 Å². The highest BCUT2D eigenvalue weighted by Crippen LogP contribution is 2.25. The Bertz CT molecular complexity index is 1070. The zero-order valence-electron chi connectivity index (χ0n) is 13.7. The van der Waals surface area contributed by atoms with Crippen molar-refractivity contribution in [3.8, 4) is 11.5 Å². The molecule has 3 aromatic rings. The summed E-state index contributed by atoms with van der Waals surface area (Å²) >= 11 is 0. The maximum Gasteiger partial charge on any atom is 0.269 e. The molecule has 0 aromatic heterocycles. The molecule has 0 radical (unpaired) electrons. The summed E-state index contributed by atoms with van der Waals surface area (Å²) < 4.78 is 45.7. The molecule has 0 bridgehead atoms. The molecule has 0 fully saturated rings. The number of sulfonamides is 1. The van der Waals surface area contributed by atoms with Gasteiger partial charge in [-0.2, -0.15) is 0 Å². The van der Waals surface area contributed by atoms with Crippen molar-refractivity contribution < 1.29 is 22.5 Å². The number of rotatable bonds is 6. The second-order valence-electron chi connectivity index (χ2n) is 5.44. The van der Waals surface area contributed by atoms with E-state index in [1.165, 1.54) is 66.7 Å². The minimum atomic E-state index is -3.88. The molecule has 0 aliphatic heterocycles. The van der Waals surface area contributed by atoms with Crippen LogP contribution in [-0.4, -0.2) is 13.3 Å². The third-order valence-electron chi connectivity index (χ3n) is 3.49. The number of hydrogen-bond acceptors (Lipinski definition) is 5. The molecule has 0 unspecified atom stereocenters. The summed E-state index contributed by atoms with van der Waals surface area (Å²) in [4.78, 5) is 10.1. The summed E-state index contributed by atoms with van der Waals surface area (Å²) in [7, 11) is -3.88. The first-order valence-electron chi connectivity index (χ1n) is 7.64. The Morgan fingerprint density at radius 2 is 1.52 bits per heavy atom. The van der Waals surface area contributed by atoms with Gasteiger partial charge in [0.1, 0.15) is 17.3 Å². The minimum Gasteiger partial charge on any atom is -0.457 e. The second kappa shape index (κ2) is 7.42. The fourth-order valence-electron chi connectivity index (χ4n) is 2.22. The topological polar surface area (TPSA) is 98.5 Å². The predicted octanol–water partition coefficient (Wildman–Crippen LogP) is 4.33. The highest BCUT2D eigenvalue weighted by molar-refractivity contribution is 7.92. The lowest BCUT2D eigenvalue weighted by Crippen LogP contribution is -2.12. The quantitative estimate of drug-likeness (QED) is 0.501. The number of non-ortho nitro benzene ring substituents is 1. The van der Waals surface area contributed by atoms with Gasteiger partial charge in [-0.3, -0.25) is 14.8 Å². The molecule has 0 aliphatic rings. The maximum atomic E-state index is 13.2. The molecular weight excluding hydrogens is 375 g/mol. The molecule has 138 valence electrons. The van der Waals surface area contributed by atoms with E-state index in [2.05, 4.69) is 4.72 Å². The van der Waals surface area contributed by atoms with Crippen LogP contribution in [0.2, 0.25) is 0 Å². The number of nitro benzene ring substituents is 1. The average molecular weight is 388 g/mol. The number of halogens is 1. The predicted molar refractivity (Wildman–Crippen MR) is 96.8 cm³/mol. The van der Waals surface area contributed by atoms with Crippen LogP contribution in [0.25, 0.3) is 0 Å². The van der Waals surface area contributed by atoms with Gasteiger partial charge in [0.15, 0.2) is 0 Å². The van der Waals surface area contributed by atoms with Gasteiger partial charge in [0.2, 0.25) is 0 Å². The van der Waals surface area contributed by atoms with Crippen LogP contribution in [0.1, 0.15) is 0 Å². The lowest BCUT2D eigenvalue weighted by Gasteiger charge is -2.09. The molecule has 0 atom stereocenters. The van der Waals surface area contributed by atoms with Crippen molar-refractivity contribution >= 4 is 21.4 Å². The maximum absolute atomic E-state index is 13.2. The Kier molecular flexibility index (Phi) is 5.04. The molecule has 27 heavy (non-hydrogen) atoms. The molecule has 0 aliphatic carbocycles. The summed E-state index contributed by atoms with van der Waals surface area (Å²) in [6, 6.07) is 16.2. The summed E-state index contributed by atoms with van der Waals surface area (Å²) in [6.07, 6.45) is 0. The van der Waals surface area contributed by atoms with E-state index in [9.17, 15) is 22.9 Å². The minimum absolute atomic E-state index is 0.0252. The van der Waals surface area contributed by atoms with Gasteiger partial charge in [0, 0.05) is 12.1 Å². The Hall–Kier alpha value is -3.46. The van der Waals surface area contributed by atoms with Crippen LogP contribution >= 0.6 is 0 Å². The van der Waals surface area contributed by atoms with Gasteiger partial charge < -0.3 is 4.74 Å². The molecule has 0 heterocycles. The number of ether oxygens (including phenoxy) is 1. The van der Waals surface area contributed by atoms with Gasteiger partial charge >= 0.3 is 0 Å². The van der Waals surface area contributed by atoms with Gasteiger partial charge in [-0.25, -0.2) is 12.8 Å². The number of nitrogens with zero attached hydrogens (tertiary/aromatic N) is 1. The van der Waals surface area contributed by atoms with Gasteiger partial charge in [-0.1, -0.05) is 6.07 Å². The van der Waals surface area contributed by atoms with Crippen molar-refractivity contribution in [1.29, 1.82) is 0 Å². The van der Waals surface area contributed by atoms with E-state index in [1.807, 2.05) is 0 Å². The van der Waals surface area contributed by atoms with E-state index in [0.29, 0.717) is 11.5 Å². The van der Waals surface area contributed by atoms with Crippen molar-refractivity contribution in [2.24, 2.45) is 0 Å². The van der Waals surface area contributed by atoms with Crippen molar-refractivity contribution in [2.45, 2.75) is 4.90 Å². The van der Waals surface area contributed by atoms with Crippen LogP contribution in [0.5, 0.6) is 11.5 Å². The summed E-state index contributed by atoms with van der Waals surface area (Å²) in [5.41, 5.74) is 0.0495. The number of hydrogen-bond donors (Lipinski definition) is 1. The molecule has 7 nitrogen and oxygen atoms in total. The lowest BCUT2D eigenvalue weighted by atomic mass is 10.3. The molecule has 0 amide bonds. The fraction of sp³-hybridized carbons (Fsp3) is 0. The van der Waals surface area contributed by atoms with Crippen molar-refractivity contribution in [3.05, 3.63) is 88.7 Å². The highest BCUT2D eigenvalue weighted by atomic mass is 32.2. The molecule has 0 spiro atoms. The third-order valence-corrected chi connectivity index (χ3v) is 4.89. The Morgan fingerprint density at radius 3 is 2.07 bits per heavy atom. The van der Waals surface area contributed by atoms with Crippen molar-refractivity contribution in [2.75, 3.05) is 4.72 Å². The number of nitrogens with one attached hydrogen (secondary N) is 1. The Labute approximate surface area is 154 Å². The van der Waals surface area contributed by atoms with Gasteiger partial charge in [0.25, 0.3) is 15.7 Å². The number of anilines is 1. The second-order valence-corrected chi connectivity index (χ2v) is 7.12. The van der Waals surface area contributed by atoms with E-state index in [0.717, 1.165) is 6.07 Å². The van der Waals surface area contributed by atoms with Gasteiger partial charge in [-0.05, 0) is 54.6 Å². The third kappa shape index (κ3) is 4.59.